The summed E-state index contributed by atoms with van der Waals surface area (Å²) in [6.07, 6.45) is 0. The predicted molar refractivity (Wildman–Crippen MR) is 86.6 cm³/mol. The van der Waals surface area contributed by atoms with E-state index in [-0.39, 0.29) is 17.5 Å². The van der Waals surface area contributed by atoms with Crippen LogP contribution in [0.1, 0.15) is 19.9 Å². The highest BCUT2D eigenvalue weighted by atomic mass is 79.9. The molecule has 0 amide bonds. The van der Waals surface area contributed by atoms with Crippen molar-refractivity contribution in [3.63, 3.8) is 0 Å². The van der Waals surface area contributed by atoms with Crippen LogP contribution in [0.4, 0.5) is 0 Å². The minimum atomic E-state index is 0.0197. The first-order chi connectivity index (χ1) is 9.97. The van der Waals surface area contributed by atoms with E-state index in [1.54, 1.807) is 12.1 Å². The third-order valence-corrected chi connectivity index (χ3v) is 3.88. The topological polar surface area (TPSA) is 58.3 Å². The van der Waals surface area contributed by atoms with Gasteiger partial charge >= 0.3 is 0 Å². The molecule has 0 saturated carbocycles. The highest BCUT2D eigenvalue weighted by Gasteiger charge is 2.17. The Balaban J connectivity index is 2.33. The van der Waals surface area contributed by atoms with E-state index >= 15 is 0 Å². The molecule has 3 rings (SSSR count). The summed E-state index contributed by atoms with van der Waals surface area (Å²) < 4.78 is 3.04. The number of halogens is 1. The van der Waals surface area contributed by atoms with Crippen molar-refractivity contribution in [1.82, 2.24) is 9.55 Å². The monoisotopic (exact) mass is 346 g/mol. The number of hydrogen-bond donors (Lipinski definition) is 2. The molecule has 0 radical (unpaired) electrons. The van der Waals surface area contributed by atoms with Crippen LogP contribution in [0.3, 0.4) is 0 Å². The van der Waals surface area contributed by atoms with Crippen LogP contribution in [0.25, 0.3) is 22.4 Å². The van der Waals surface area contributed by atoms with E-state index in [1.807, 2.05) is 18.2 Å². The third-order valence-electron chi connectivity index (χ3n) is 3.39. The zero-order valence-electron chi connectivity index (χ0n) is 11.7. The number of aromatic hydroxyl groups is 2. The molecule has 0 saturated heterocycles. The summed E-state index contributed by atoms with van der Waals surface area (Å²) in [5.74, 6) is 0.744. The van der Waals surface area contributed by atoms with Gasteiger partial charge in [-0.05, 0) is 44.2 Å². The second-order valence-electron chi connectivity index (χ2n) is 5.23. The Hall–Kier alpha value is -2.01. The van der Waals surface area contributed by atoms with E-state index in [9.17, 15) is 10.2 Å². The molecule has 21 heavy (non-hydrogen) atoms. The zero-order valence-corrected chi connectivity index (χ0v) is 13.3. The van der Waals surface area contributed by atoms with Crippen LogP contribution in [-0.4, -0.2) is 19.8 Å². The van der Waals surface area contributed by atoms with Crippen LogP contribution in [0.5, 0.6) is 11.5 Å². The molecule has 0 atom stereocenters. The Bertz CT molecular complexity index is 825. The first-order valence-electron chi connectivity index (χ1n) is 6.67. The Kier molecular flexibility index (Phi) is 3.37. The average molecular weight is 347 g/mol. The standard InChI is InChI=1S/C16H15BrN2O2/c1-9(2)19-14-6-3-10(17)7-13(14)18-16(19)12-5-4-11(20)8-15(12)21/h3-9,20-21H,1-2H3. The van der Waals surface area contributed by atoms with Gasteiger partial charge in [0.2, 0.25) is 0 Å². The second kappa shape index (κ2) is 5.07. The third kappa shape index (κ3) is 2.38. The number of nitrogens with zero attached hydrogens (tertiary/aromatic N) is 2. The van der Waals surface area contributed by atoms with Crippen molar-refractivity contribution < 1.29 is 10.2 Å². The van der Waals surface area contributed by atoms with Crippen molar-refractivity contribution in [3.05, 3.63) is 40.9 Å². The first-order valence-corrected chi connectivity index (χ1v) is 7.46. The maximum absolute atomic E-state index is 10.1. The fourth-order valence-electron chi connectivity index (χ4n) is 2.49. The van der Waals surface area contributed by atoms with Crippen LogP contribution in [0, 0.1) is 0 Å². The minimum absolute atomic E-state index is 0.0197. The van der Waals surface area contributed by atoms with Crippen molar-refractivity contribution in [1.29, 1.82) is 0 Å². The zero-order chi connectivity index (χ0) is 15.1. The van der Waals surface area contributed by atoms with Gasteiger partial charge in [0, 0.05) is 16.6 Å². The van der Waals surface area contributed by atoms with Crippen LogP contribution in [-0.2, 0) is 0 Å². The van der Waals surface area contributed by atoms with E-state index in [4.69, 9.17) is 0 Å². The molecule has 1 aromatic heterocycles. The van der Waals surface area contributed by atoms with Crippen LogP contribution < -0.4 is 0 Å². The average Bonchev–Trinajstić information content (AvgIpc) is 2.76. The van der Waals surface area contributed by atoms with Gasteiger partial charge in [-0.3, -0.25) is 0 Å². The van der Waals surface area contributed by atoms with Gasteiger partial charge in [-0.2, -0.15) is 0 Å². The second-order valence-corrected chi connectivity index (χ2v) is 6.15. The molecule has 0 aliphatic heterocycles. The Morgan fingerprint density at radius 2 is 1.86 bits per heavy atom. The maximum atomic E-state index is 10.1. The molecular weight excluding hydrogens is 332 g/mol. The number of benzene rings is 2. The lowest BCUT2D eigenvalue weighted by Crippen LogP contribution is -2.03. The van der Waals surface area contributed by atoms with Crippen molar-refractivity contribution in [2.45, 2.75) is 19.9 Å². The number of phenolic OH excluding ortho intramolecular Hbond substituents is 2. The van der Waals surface area contributed by atoms with E-state index in [0.717, 1.165) is 15.5 Å². The molecule has 1 heterocycles. The number of phenols is 2. The van der Waals surface area contributed by atoms with Crippen molar-refractivity contribution in [3.8, 4) is 22.9 Å². The lowest BCUT2D eigenvalue weighted by atomic mass is 10.1. The molecular formula is C16H15BrN2O2. The van der Waals surface area contributed by atoms with Gasteiger partial charge in [-0.15, -0.1) is 0 Å². The van der Waals surface area contributed by atoms with Gasteiger partial charge in [0.05, 0.1) is 16.6 Å². The molecule has 0 aliphatic rings. The summed E-state index contributed by atoms with van der Waals surface area (Å²) in [4.78, 5) is 4.65. The predicted octanol–water partition coefficient (Wildman–Crippen LogP) is 4.46. The lowest BCUT2D eigenvalue weighted by molar-refractivity contribution is 0.451. The molecule has 5 heteroatoms. The van der Waals surface area contributed by atoms with E-state index in [1.165, 1.54) is 6.07 Å². The minimum Gasteiger partial charge on any atom is -0.508 e. The van der Waals surface area contributed by atoms with Crippen LogP contribution in [0.2, 0.25) is 0 Å². The van der Waals surface area contributed by atoms with Gasteiger partial charge in [0.25, 0.3) is 0 Å². The summed E-state index contributed by atoms with van der Waals surface area (Å²) in [5.41, 5.74) is 2.48. The number of hydrogen-bond acceptors (Lipinski definition) is 3. The molecule has 2 aromatic carbocycles. The first kappa shape index (κ1) is 13.9. The number of aromatic nitrogens is 2. The molecule has 108 valence electrons. The Labute approximate surface area is 130 Å². The normalized spacial score (nSPS) is 11.4. The summed E-state index contributed by atoms with van der Waals surface area (Å²) >= 11 is 3.45. The van der Waals surface area contributed by atoms with Gasteiger partial charge in [0.1, 0.15) is 17.3 Å². The molecule has 0 unspecified atom stereocenters. The molecule has 0 aliphatic carbocycles. The number of rotatable bonds is 2. The van der Waals surface area contributed by atoms with Gasteiger partial charge in [0.15, 0.2) is 0 Å². The van der Waals surface area contributed by atoms with Crippen LogP contribution >= 0.6 is 15.9 Å². The van der Waals surface area contributed by atoms with Gasteiger partial charge in [-0.1, -0.05) is 15.9 Å². The molecule has 4 nitrogen and oxygen atoms in total. The Morgan fingerprint density at radius 3 is 2.52 bits per heavy atom. The van der Waals surface area contributed by atoms with E-state index in [2.05, 4.69) is 39.3 Å². The highest BCUT2D eigenvalue weighted by Crippen LogP contribution is 2.35. The molecule has 0 spiro atoms. The van der Waals surface area contributed by atoms with Crippen molar-refractivity contribution >= 4 is 27.0 Å². The lowest BCUT2D eigenvalue weighted by Gasteiger charge is -2.14. The smallest absolute Gasteiger partial charge is 0.145 e. The summed E-state index contributed by atoms with van der Waals surface area (Å²) in [5, 5.41) is 19.6. The number of imidazole rings is 1. The fourth-order valence-corrected chi connectivity index (χ4v) is 2.84. The van der Waals surface area contributed by atoms with Gasteiger partial charge < -0.3 is 14.8 Å². The quantitative estimate of drug-likeness (QED) is 0.720. The number of fused-ring (bicyclic) bond motifs is 1. The highest BCUT2D eigenvalue weighted by molar-refractivity contribution is 9.10. The molecule has 3 aromatic rings. The largest absolute Gasteiger partial charge is 0.508 e. The SMILES string of the molecule is CC(C)n1c(-c2ccc(O)cc2O)nc2cc(Br)ccc21. The van der Waals surface area contributed by atoms with Crippen molar-refractivity contribution in [2.24, 2.45) is 0 Å². The fraction of sp³-hybridized carbons (Fsp3) is 0.188. The molecule has 0 fully saturated rings. The maximum Gasteiger partial charge on any atom is 0.145 e. The van der Waals surface area contributed by atoms with Crippen LogP contribution in [0.15, 0.2) is 40.9 Å². The molecule has 0 bridgehead atoms. The summed E-state index contributed by atoms with van der Waals surface area (Å²) in [6, 6.07) is 10.7. The van der Waals surface area contributed by atoms with E-state index < -0.39 is 0 Å². The van der Waals surface area contributed by atoms with E-state index in [0.29, 0.717) is 11.4 Å². The summed E-state index contributed by atoms with van der Waals surface area (Å²) in [7, 11) is 0. The Morgan fingerprint density at radius 1 is 1.10 bits per heavy atom. The molecule has 2 N–H and O–H groups in total. The van der Waals surface area contributed by atoms with Gasteiger partial charge in [-0.25, -0.2) is 4.98 Å². The van der Waals surface area contributed by atoms with Crippen molar-refractivity contribution in [2.75, 3.05) is 0 Å². The summed E-state index contributed by atoms with van der Waals surface area (Å²) in [6.45, 7) is 4.15.